The smallest absolute Gasteiger partial charge is 0.127 e. The summed E-state index contributed by atoms with van der Waals surface area (Å²) in [7, 11) is 0. The molecule has 0 radical (unpaired) electrons. The fourth-order valence-electron chi connectivity index (χ4n) is 3.27. The minimum absolute atomic E-state index is 0.742. The predicted octanol–water partition coefficient (Wildman–Crippen LogP) is 8.19. The van der Waals surface area contributed by atoms with Gasteiger partial charge in [-0.2, -0.15) is 0 Å². The largest absolute Gasteiger partial charge is 0.457 e. The lowest BCUT2D eigenvalue weighted by Gasteiger charge is -2.05. The molecule has 0 spiro atoms. The fraction of sp³-hybridized carbons (Fsp3) is 0.0909. The number of rotatable bonds is 3. The molecular weight excluding hydrogens is 454 g/mol. The highest BCUT2D eigenvalue weighted by Crippen LogP contribution is 2.22. The highest BCUT2D eigenvalue weighted by Gasteiger charge is 1.97. The first-order valence-corrected chi connectivity index (χ1v) is 12.1. The summed E-state index contributed by atoms with van der Waals surface area (Å²) in [5.41, 5.74) is 25.2. The van der Waals surface area contributed by atoms with Gasteiger partial charge in [0.05, 0.1) is 0 Å². The Morgan fingerprint density at radius 1 is 0.351 bits per heavy atom. The second-order valence-corrected chi connectivity index (χ2v) is 8.88. The third kappa shape index (κ3) is 9.46. The molecule has 37 heavy (non-hydrogen) atoms. The van der Waals surface area contributed by atoms with Crippen molar-refractivity contribution in [2.75, 3.05) is 17.2 Å². The van der Waals surface area contributed by atoms with Crippen LogP contribution in [0, 0.1) is 20.8 Å². The van der Waals surface area contributed by atoms with Gasteiger partial charge in [0.1, 0.15) is 11.5 Å². The van der Waals surface area contributed by atoms with Gasteiger partial charge in [0.2, 0.25) is 0 Å². The molecule has 5 rings (SSSR count). The average Bonchev–Trinajstić information content (AvgIpc) is 2.90. The highest BCUT2D eigenvalue weighted by atomic mass is 16.5. The van der Waals surface area contributed by atoms with E-state index in [-0.39, 0.29) is 0 Å². The van der Waals surface area contributed by atoms with Crippen LogP contribution in [0.3, 0.4) is 0 Å². The van der Waals surface area contributed by atoms with E-state index in [0.717, 1.165) is 28.6 Å². The molecule has 4 nitrogen and oxygen atoms in total. The van der Waals surface area contributed by atoms with Gasteiger partial charge in [-0.15, -0.1) is 0 Å². The van der Waals surface area contributed by atoms with E-state index >= 15 is 0 Å². The van der Waals surface area contributed by atoms with Crippen LogP contribution in [0.25, 0.3) is 11.1 Å². The summed E-state index contributed by atoms with van der Waals surface area (Å²) in [5, 5.41) is 0. The summed E-state index contributed by atoms with van der Waals surface area (Å²) in [6, 6.07) is 39.5. The number of nitrogens with two attached hydrogens (primary N) is 3. The molecule has 0 aliphatic heterocycles. The van der Waals surface area contributed by atoms with Gasteiger partial charge < -0.3 is 21.9 Å². The van der Waals surface area contributed by atoms with E-state index in [2.05, 4.69) is 31.2 Å². The van der Waals surface area contributed by atoms with E-state index in [4.69, 9.17) is 21.9 Å². The molecule has 6 N–H and O–H groups in total. The molecule has 188 valence electrons. The average molecular weight is 490 g/mol. The van der Waals surface area contributed by atoms with Crippen molar-refractivity contribution in [3.63, 3.8) is 0 Å². The number of anilines is 3. The second kappa shape index (κ2) is 13.4. The van der Waals surface area contributed by atoms with Crippen molar-refractivity contribution in [3.8, 4) is 22.6 Å². The maximum absolute atomic E-state index is 5.63. The monoisotopic (exact) mass is 489 g/mol. The molecule has 0 aliphatic rings. The Bertz CT molecular complexity index is 1230. The minimum atomic E-state index is 0.742. The highest BCUT2D eigenvalue weighted by molar-refractivity contribution is 5.65. The molecule has 0 heterocycles. The summed E-state index contributed by atoms with van der Waals surface area (Å²) >= 11 is 0. The van der Waals surface area contributed by atoms with Crippen molar-refractivity contribution in [1.82, 2.24) is 0 Å². The molecule has 0 bridgehead atoms. The van der Waals surface area contributed by atoms with Crippen LogP contribution in [0.5, 0.6) is 11.5 Å². The lowest BCUT2D eigenvalue weighted by atomic mass is 10.0. The van der Waals surface area contributed by atoms with E-state index in [1.54, 1.807) is 0 Å². The molecule has 0 fully saturated rings. The van der Waals surface area contributed by atoms with Crippen LogP contribution >= 0.6 is 0 Å². The molecule has 4 heteroatoms. The summed E-state index contributed by atoms with van der Waals surface area (Å²) in [5.74, 6) is 1.64. The molecular formula is C33H35N3O. The fourth-order valence-corrected chi connectivity index (χ4v) is 3.27. The molecule has 5 aromatic rings. The van der Waals surface area contributed by atoms with Gasteiger partial charge in [-0.05, 0) is 92.6 Å². The molecule has 0 aromatic heterocycles. The van der Waals surface area contributed by atoms with Gasteiger partial charge in [0, 0.05) is 17.1 Å². The summed E-state index contributed by atoms with van der Waals surface area (Å²) in [6.45, 7) is 6.18. The Kier molecular flexibility index (Phi) is 9.74. The van der Waals surface area contributed by atoms with Crippen LogP contribution in [0.2, 0.25) is 0 Å². The van der Waals surface area contributed by atoms with E-state index < -0.39 is 0 Å². The number of benzene rings is 5. The number of hydrogen-bond donors (Lipinski definition) is 3. The van der Waals surface area contributed by atoms with Gasteiger partial charge in [-0.1, -0.05) is 77.4 Å². The number of nitrogen functional groups attached to an aromatic ring is 3. The maximum atomic E-state index is 5.63. The Hall–Kier alpha value is -4.70. The Balaban J connectivity index is 0.000000161. The topological polar surface area (TPSA) is 87.3 Å². The van der Waals surface area contributed by atoms with Crippen molar-refractivity contribution in [2.45, 2.75) is 20.8 Å². The third-order valence-electron chi connectivity index (χ3n) is 5.51. The van der Waals surface area contributed by atoms with Gasteiger partial charge in [0.25, 0.3) is 0 Å². The number of hydrogen-bond acceptors (Lipinski definition) is 4. The van der Waals surface area contributed by atoms with Gasteiger partial charge in [-0.25, -0.2) is 0 Å². The quantitative estimate of drug-likeness (QED) is 0.223. The first-order chi connectivity index (χ1) is 17.8. The zero-order valence-corrected chi connectivity index (χ0v) is 21.7. The Labute approximate surface area is 220 Å². The maximum Gasteiger partial charge on any atom is 0.127 e. The van der Waals surface area contributed by atoms with E-state index in [0.29, 0.717) is 0 Å². The van der Waals surface area contributed by atoms with Crippen LogP contribution in [-0.4, -0.2) is 0 Å². The molecule has 0 atom stereocenters. The zero-order chi connectivity index (χ0) is 26.6. The SMILES string of the molecule is Cc1ccc(-c2ccc(N)cc2)cc1.Cc1ccc(N)cc1.Cc1ccc(Oc2ccc(N)cc2)cc1. The van der Waals surface area contributed by atoms with E-state index in [1.165, 1.54) is 27.8 Å². The van der Waals surface area contributed by atoms with Crippen molar-refractivity contribution < 1.29 is 4.74 Å². The third-order valence-corrected chi connectivity index (χ3v) is 5.51. The van der Waals surface area contributed by atoms with Gasteiger partial charge in [0.15, 0.2) is 0 Å². The molecule has 0 aliphatic carbocycles. The number of aryl methyl sites for hydroxylation is 3. The first-order valence-electron chi connectivity index (χ1n) is 12.1. The molecule has 0 unspecified atom stereocenters. The minimum Gasteiger partial charge on any atom is -0.457 e. The second-order valence-electron chi connectivity index (χ2n) is 8.88. The molecule has 0 amide bonds. The van der Waals surface area contributed by atoms with Crippen LogP contribution in [0.15, 0.2) is 121 Å². The molecule has 0 saturated heterocycles. The van der Waals surface area contributed by atoms with Crippen molar-refractivity contribution in [1.29, 1.82) is 0 Å². The summed E-state index contributed by atoms with van der Waals surface area (Å²) in [6.07, 6.45) is 0. The predicted molar refractivity (Wildman–Crippen MR) is 159 cm³/mol. The summed E-state index contributed by atoms with van der Waals surface area (Å²) in [4.78, 5) is 0. The zero-order valence-electron chi connectivity index (χ0n) is 21.7. The molecule has 0 saturated carbocycles. The van der Waals surface area contributed by atoms with Gasteiger partial charge >= 0.3 is 0 Å². The molecule has 5 aromatic carbocycles. The van der Waals surface area contributed by atoms with E-state index in [1.807, 2.05) is 111 Å². The number of ether oxygens (including phenoxy) is 1. The van der Waals surface area contributed by atoms with Crippen molar-refractivity contribution >= 4 is 17.1 Å². The van der Waals surface area contributed by atoms with Crippen LogP contribution in [-0.2, 0) is 0 Å². The summed E-state index contributed by atoms with van der Waals surface area (Å²) < 4.78 is 5.63. The van der Waals surface area contributed by atoms with Crippen molar-refractivity contribution in [3.05, 3.63) is 138 Å². The standard InChI is InChI=1S/C13H13NO.C13H13N.C7H9N/c1-10-2-6-12(7-3-10)15-13-8-4-11(14)5-9-13;1-10-2-4-11(5-3-10)12-6-8-13(14)9-7-12;1-6-2-4-7(8)5-3-6/h2-9H,14H2,1H3;2-9H,14H2,1H3;2-5H,8H2,1H3. The normalized spacial score (nSPS) is 9.81. The van der Waals surface area contributed by atoms with Crippen LogP contribution in [0.4, 0.5) is 17.1 Å². The Morgan fingerprint density at radius 3 is 0.973 bits per heavy atom. The first kappa shape index (κ1) is 26.9. The van der Waals surface area contributed by atoms with Gasteiger partial charge in [-0.3, -0.25) is 0 Å². The lowest BCUT2D eigenvalue weighted by molar-refractivity contribution is 0.482. The van der Waals surface area contributed by atoms with Crippen LogP contribution < -0.4 is 21.9 Å². The van der Waals surface area contributed by atoms with Crippen molar-refractivity contribution in [2.24, 2.45) is 0 Å². The lowest BCUT2D eigenvalue weighted by Crippen LogP contribution is -1.86. The Morgan fingerprint density at radius 2 is 0.595 bits per heavy atom. The van der Waals surface area contributed by atoms with Crippen LogP contribution in [0.1, 0.15) is 16.7 Å². The van der Waals surface area contributed by atoms with E-state index in [9.17, 15) is 0 Å².